The first-order valence-corrected chi connectivity index (χ1v) is 6.59. The number of rotatable bonds is 2. The summed E-state index contributed by atoms with van der Waals surface area (Å²) in [5, 5.41) is 10.7. The molecule has 3 rings (SSSR count). The zero-order valence-corrected chi connectivity index (χ0v) is 11.1. The van der Waals surface area contributed by atoms with Crippen LogP contribution in [-0.4, -0.2) is 20.1 Å². The molecule has 0 unspecified atom stereocenters. The molecule has 0 aliphatic carbocycles. The molecule has 19 heavy (non-hydrogen) atoms. The molecule has 5 heteroatoms. The van der Waals surface area contributed by atoms with Crippen LogP contribution in [0.1, 0.15) is 4.88 Å². The molecule has 94 valence electrons. The van der Waals surface area contributed by atoms with Crippen molar-refractivity contribution in [1.29, 1.82) is 0 Å². The summed E-state index contributed by atoms with van der Waals surface area (Å²) < 4.78 is 0. The van der Waals surface area contributed by atoms with Gasteiger partial charge >= 0.3 is 0 Å². The SMILES string of the molecule is Cc1sc(-c2cnccn2)nc1-c1ccccc1O. The molecule has 0 atom stereocenters. The second-order valence-electron chi connectivity index (χ2n) is 4.03. The van der Waals surface area contributed by atoms with Crippen LogP contribution >= 0.6 is 11.3 Å². The van der Waals surface area contributed by atoms with Gasteiger partial charge < -0.3 is 5.11 Å². The molecule has 3 aromatic rings. The summed E-state index contributed by atoms with van der Waals surface area (Å²) in [5.41, 5.74) is 2.28. The maximum Gasteiger partial charge on any atom is 0.144 e. The van der Waals surface area contributed by atoms with E-state index in [1.807, 2.05) is 19.1 Å². The maximum atomic E-state index is 9.90. The fourth-order valence-corrected chi connectivity index (χ4v) is 2.73. The average molecular weight is 269 g/mol. The van der Waals surface area contributed by atoms with Crippen molar-refractivity contribution in [3.63, 3.8) is 0 Å². The lowest BCUT2D eigenvalue weighted by Crippen LogP contribution is -1.84. The summed E-state index contributed by atoms with van der Waals surface area (Å²) >= 11 is 1.55. The van der Waals surface area contributed by atoms with E-state index in [9.17, 15) is 5.11 Å². The minimum atomic E-state index is 0.238. The predicted molar refractivity (Wildman–Crippen MR) is 75.0 cm³/mol. The first kappa shape index (κ1) is 11.8. The Bertz CT molecular complexity index is 710. The number of aromatic hydroxyl groups is 1. The van der Waals surface area contributed by atoms with Gasteiger partial charge in [0.15, 0.2) is 0 Å². The molecule has 4 nitrogen and oxygen atoms in total. The number of hydrogen-bond donors (Lipinski definition) is 1. The third kappa shape index (κ3) is 2.20. The molecule has 0 fully saturated rings. The van der Waals surface area contributed by atoms with Gasteiger partial charge in [-0.15, -0.1) is 11.3 Å². The molecule has 0 aliphatic rings. The van der Waals surface area contributed by atoms with E-state index in [2.05, 4.69) is 15.0 Å². The van der Waals surface area contributed by atoms with Crippen molar-refractivity contribution >= 4 is 11.3 Å². The number of thiazole rings is 1. The van der Waals surface area contributed by atoms with Crippen LogP contribution in [-0.2, 0) is 0 Å². The molecular formula is C14H11N3OS. The lowest BCUT2D eigenvalue weighted by molar-refractivity contribution is 0.477. The van der Waals surface area contributed by atoms with E-state index in [1.54, 1.807) is 42.1 Å². The number of benzene rings is 1. The second kappa shape index (κ2) is 4.78. The number of phenols is 1. The molecule has 1 aromatic carbocycles. The van der Waals surface area contributed by atoms with Crippen molar-refractivity contribution in [3.05, 3.63) is 47.7 Å². The van der Waals surface area contributed by atoms with Crippen LogP contribution < -0.4 is 0 Å². The lowest BCUT2D eigenvalue weighted by Gasteiger charge is -2.01. The Morgan fingerprint density at radius 3 is 2.74 bits per heavy atom. The normalized spacial score (nSPS) is 10.6. The minimum Gasteiger partial charge on any atom is -0.507 e. The number of aromatic nitrogens is 3. The summed E-state index contributed by atoms with van der Waals surface area (Å²) in [7, 11) is 0. The van der Waals surface area contributed by atoms with E-state index in [1.165, 1.54) is 0 Å². The number of phenolic OH excluding ortho intramolecular Hbond substituents is 1. The Labute approximate surface area is 114 Å². The van der Waals surface area contributed by atoms with Gasteiger partial charge in [-0.25, -0.2) is 4.98 Å². The Balaban J connectivity index is 2.11. The molecule has 0 radical (unpaired) electrons. The predicted octanol–water partition coefficient (Wildman–Crippen LogP) is 3.28. The number of nitrogens with zero attached hydrogens (tertiary/aromatic N) is 3. The van der Waals surface area contributed by atoms with E-state index in [4.69, 9.17) is 0 Å². The first-order chi connectivity index (χ1) is 9.25. The number of aryl methyl sites for hydroxylation is 1. The van der Waals surface area contributed by atoms with Crippen molar-refractivity contribution < 1.29 is 5.11 Å². The van der Waals surface area contributed by atoms with Crippen molar-refractivity contribution in [3.8, 4) is 27.7 Å². The second-order valence-corrected chi connectivity index (χ2v) is 5.23. The fraction of sp³-hybridized carbons (Fsp3) is 0.0714. The lowest BCUT2D eigenvalue weighted by atomic mass is 10.1. The molecule has 1 N–H and O–H groups in total. The molecular weight excluding hydrogens is 258 g/mol. The largest absolute Gasteiger partial charge is 0.507 e. The quantitative estimate of drug-likeness (QED) is 0.775. The zero-order valence-electron chi connectivity index (χ0n) is 10.2. The standard InChI is InChI=1S/C14H11N3OS/c1-9-13(10-4-2-3-5-12(10)18)17-14(19-9)11-8-15-6-7-16-11/h2-8,18H,1H3. The highest BCUT2D eigenvalue weighted by Crippen LogP contribution is 2.35. The van der Waals surface area contributed by atoms with E-state index >= 15 is 0 Å². The van der Waals surface area contributed by atoms with E-state index in [-0.39, 0.29) is 5.75 Å². The average Bonchev–Trinajstić information content (AvgIpc) is 2.82. The molecule has 0 spiro atoms. The summed E-state index contributed by atoms with van der Waals surface area (Å²) in [6.45, 7) is 1.99. The van der Waals surface area contributed by atoms with Gasteiger partial charge in [-0.1, -0.05) is 12.1 Å². The van der Waals surface area contributed by atoms with Crippen molar-refractivity contribution in [2.24, 2.45) is 0 Å². The monoisotopic (exact) mass is 269 g/mol. The maximum absolute atomic E-state index is 9.90. The van der Waals surface area contributed by atoms with Crippen molar-refractivity contribution in [1.82, 2.24) is 15.0 Å². The van der Waals surface area contributed by atoms with Crippen LogP contribution in [0.2, 0.25) is 0 Å². The van der Waals surface area contributed by atoms with Crippen LogP contribution in [0.5, 0.6) is 5.75 Å². The number of para-hydroxylation sites is 1. The zero-order chi connectivity index (χ0) is 13.2. The summed E-state index contributed by atoms with van der Waals surface area (Å²) in [6, 6.07) is 7.20. The molecule has 2 aromatic heterocycles. The van der Waals surface area contributed by atoms with Gasteiger partial charge in [0, 0.05) is 22.8 Å². The molecule has 0 bridgehead atoms. The van der Waals surface area contributed by atoms with Crippen LogP contribution in [0.15, 0.2) is 42.9 Å². The van der Waals surface area contributed by atoms with Gasteiger partial charge in [0.1, 0.15) is 16.5 Å². The van der Waals surface area contributed by atoms with Gasteiger partial charge in [0.05, 0.1) is 11.9 Å². The Hall–Kier alpha value is -2.27. The molecule has 0 saturated heterocycles. The van der Waals surface area contributed by atoms with Gasteiger partial charge in [-0.05, 0) is 19.1 Å². The van der Waals surface area contributed by atoms with Crippen molar-refractivity contribution in [2.45, 2.75) is 6.92 Å². The summed E-state index contributed by atoms with van der Waals surface area (Å²) in [5.74, 6) is 0.238. The smallest absolute Gasteiger partial charge is 0.144 e. The summed E-state index contributed by atoms with van der Waals surface area (Å²) in [6.07, 6.45) is 4.96. The highest BCUT2D eigenvalue weighted by Gasteiger charge is 2.14. The highest BCUT2D eigenvalue weighted by atomic mass is 32.1. The van der Waals surface area contributed by atoms with Crippen LogP contribution in [0.4, 0.5) is 0 Å². The van der Waals surface area contributed by atoms with Gasteiger partial charge in [-0.2, -0.15) is 0 Å². The molecule has 0 saturated carbocycles. The Kier molecular flexibility index (Phi) is 2.97. The third-order valence-corrected chi connectivity index (χ3v) is 3.73. The Morgan fingerprint density at radius 1 is 1.16 bits per heavy atom. The van der Waals surface area contributed by atoms with Crippen LogP contribution in [0.25, 0.3) is 22.0 Å². The highest BCUT2D eigenvalue weighted by molar-refractivity contribution is 7.15. The van der Waals surface area contributed by atoms with E-state index < -0.39 is 0 Å². The molecule has 0 aliphatic heterocycles. The first-order valence-electron chi connectivity index (χ1n) is 5.78. The molecule has 0 amide bonds. The third-order valence-electron chi connectivity index (χ3n) is 2.74. The van der Waals surface area contributed by atoms with E-state index in [0.29, 0.717) is 0 Å². The van der Waals surface area contributed by atoms with Crippen LogP contribution in [0, 0.1) is 6.92 Å². The van der Waals surface area contributed by atoms with Crippen molar-refractivity contribution in [2.75, 3.05) is 0 Å². The minimum absolute atomic E-state index is 0.238. The van der Waals surface area contributed by atoms with Gasteiger partial charge in [0.25, 0.3) is 0 Å². The Morgan fingerprint density at radius 2 is 2.00 bits per heavy atom. The number of hydrogen-bond acceptors (Lipinski definition) is 5. The van der Waals surface area contributed by atoms with Gasteiger partial charge in [0.2, 0.25) is 0 Å². The fourth-order valence-electron chi connectivity index (χ4n) is 1.84. The van der Waals surface area contributed by atoms with Crippen LogP contribution in [0.3, 0.4) is 0 Å². The van der Waals surface area contributed by atoms with Gasteiger partial charge in [-0.3, -0.25) is 9.97 Å². The van der Waals surface area contributed by atoms with E-state index in [0.717, 1.165) is 26.8 Å². The topological polar surface area (TPSA) is 58.9 Å². The molecule has 2 heterocycles. The summed E-state index contributed by atoms with van der Waals surface area (Å²) in [4.78, 5) is 13.9.